The predicted molar refractivity (Wildman–Crippen MR) is 46.9 cm³/mol. The van der Waals surface area contributed by atoms with Gasteiger partial charge in [0.2, 0.25) is 0 Å². The van der Waals surface area contributed by atoms with Crippen molar-refractivity contribution in [3.8, 4) is 0 Å². The summed E-state index contributed by atoms with van der Waals surface area (Å²) in [6.07, 6.45) is 0.811. The molecule has 0 saturated heterocycles. The lowest BCUT2D eigenvalue weighted by atomic mass is 10.0. The standard InChI is InChI=1S/C8H12ClNO2/c1-5(4-10)7(11)6-2-3-12-8(6)9/h2-3,5,7,11H,4,10H2,1H3. The van der Waals surface area contributed by atoms with Crippen LogP contribution in [0.15, 0.2) is 16.7 Å². The summed E-state index contributed by atoms with van der Waals surface area (Å²) in [6.45, 7) is 2.27. The van der Waals surface area contributed by atoms with Crippen molar-refractivity contribution in [2.75, 3.05) is 6.54 Å². The molecule has 2 unspecified atom stereocenters. The third-order valence-corrected chi connectivity index (χ3v) is 2.18. The van der Waals surface area contributed by atoms with Gasteiger partial charge in [0, 0.05) is 5.56 Å². The van der Waals surface area contributed by atoms with Crippen LogP contribution in [-0.4, -0.2) is 11.7 Å². The summed E-state index contributed by atoms with van der Waals surface area (Å²) in [5.74, 6) is -0.0138. The lowest BCUT2D eigenvalue weighted by Gasteiger charge is -2.15. The van der Waals surface area contributed by atoms with E-state index in [9.17, 15) is 5.11 Å². The van der Waals surface area contributed by atoms with Crippen LogP contribution in [0.4, 0.5) is 0 Å². The normalized spacial score (nSPS) is 16.0. The summed E-state index contributed by atoms with van der Waals surface area (Å²) in [6, 6.07) is 1.65. The molecule has 1 aromatic rings. The van der Waals surface area contributed by atoms with Gasteiger partial charge in [-0.2, -0.15) is 0 Å². The molecule has 0 aliphatic rings. The van der Waals surface area contributed by atoms with Crippen LogP contribution in [0.1, 0.15) is 18.6 Å². The third kappa shape index (κ3) is 1.80. The highest BCUT2D eigenvalue weighted by Gasteiger charge is 2.19. The van der Waals surface area contributed by atoms with Gasteiger partial charge >= 0.3 is 0 Å². The molecule has 4 heteroatoms. The topological polar surface area (TPSA) is 59.4 Å². The number of aliphatic hydroxyl groups is 1. The van der Waals surface area contributed by atoms with Gasteiger partial charge < -0.3 is 15.3 Å². The van der Waals surface area contributed by atoms with Crippen LogP contribution in [0.25, 0.3) is 0 Å². The van der Waals surface area contributed by atoms with E-state index in [4.69, 9.17) is 21.8 Å². The fourth-order valence-corrected chi connectivity index (χ4v) is 1.18. The van der Waals surface area contributed by atoms with Crippen LogP contribution < -0.4 is 5.73 Å². The van der Waals surface area contributed by atoms with Gasteiger partial charge in [0.1, 0.15) is 0 Å². The van der Waals surface area contributed by atoms with Crippen LogP contribution in [0.5, 0.6) is 0 Å². The minimum absolute atomic E-state index is 0.0138. The van der Waals surface area contributed by atoms with Crippen LogP contribution in [0.2, 0.25) is 5.22 Å². The molecule has 1 aromatic heterocycles. The maximum Gasteiger partial charge on any atom is 0.198 e. The Morgan fingerprint density at radius 3 is 2.83 bits per heavy atom. The number of halogens is 1. The maximum absolute atomic E-state index is 9.63. The summed E-state index contributed by atoms with van der Waals surface area (Å²) in [4.78, 5) is 0. The Kier molecular flexibility index (Phi) is 3.14. The Morgan fingerprint density at radius 1 is 1.75 bits per heavy atom. The van der Waals surface area contributed by atoms with Gasteiger partial charge in [-0.25, -0.2) is 0 Å². The molecule has 0 amide bonds. The summed E-state index contributed by atoms with van der Waals surface area (Å²) in [5.41, 5.74) is 6.00. The minimum Gasteiger partial charge on any atom is -0.453 e. The molecule has 12 heavy (non-hydrogen) atoms. The van der Waals surface area contributed by atoms with E-state index in [0.29, 0.717) is 12.1 Å². The first kappa shape index (κ1) is 9.58. The number of nitrogens with two attached hydrogens (primary N) is 1. The molecule has 0 aromatic carbocycles. The van der Waals surface area contributed by atoms with Crippen molar-refractivity contribution >= 4 is 11.6 Å². The molecule has 0 fully saturated rings. The van der Waals surface area contributed by atoms with E-state index in [1.807, 2.05) is 6.92 Å². The zero-order valence-electron chi connectivity index (χ0n) is 6.83. The maximum atomic E-state index is 9.63. The van der Waals surface area contributed by atoms with E-state index in [1.54, 1.807) is 6.07 Å². The molecule has 1 heterocycles. The van der Waals surface area contributed by atoms with Crippen molar-refractivity contribution in [3.05, 3.63) is 23.1 Å². The molecule has 0 aliphatic heterocycles. The molecule has 0 bridgehead atoms. The second kappa shape index (κ2) is 3.94. The van der Waals surface area contributed by atoms with Crippen LogP contribution in [0, 0.1) is 5.92 Å². The molecule has 0 radical (unpaired) electrons. The zero-order valence-corrected chi connectivity index (χ0v) is 7.58. The Labute approximate surface area is 76.1 Å². The number of hydrogen-bond donors (Lipinski definition) is 2. The summed E-state index contributed by atoms with van der Waals surface area (Å²) < 4.78 is 4.84. The summed E-state index contributed by atoms with van der Waals surface area (Å²) in [5, 5.41) is 9.87. The summed E-state index contributed by atoms with van der Waals surface area (Å²) in [7, 11) is 0. The molecule has 0 spiro atoms. The number of hydrogen-bond acceptors (Lipinski definition) is 3. The van der Waals surface area contributed by atoms with Crippen molar-refractivity contribution in [1.82, 2.24) is 0 Å². The van der Waals surface area contributed by atoms with E-state index >= 15 is 0 Å². The van der Waals surface area contributed by atoms with Gasteiger partial charge in [0.15, 0.2) is 5.22 Å². The van der Waals surface area contributed by atoms with Gasteiger partial charge in [-0.15, -0.1) is 0 Å². The molecule has 0 saturated carbocycles. The van der Waals surface area contributed by atoms with Crippen molar-refractivity contribution in [2.45, 2.75) is 13.0 Å². The lowest BCUT2D eigenvalue weighted by Crippen LogP contribution is -2.18. The fourth-order valence-electron chi connectivity index (χ4n) is 0.951. The van der Waals surface area contributed by atoms with E-state index < -0.39 is 6.10 Å². The smallest absolute Gasteiger partial charge is 0.198 e. The predicted octanol–water partition coefficient (Wildman–Crippen LogP) is 1.56. The van der Waals surface area contributed by atoms with E-state index in [1.165, 1.54) is 6.26 Å². The first-order valence-corrected chi connectivity index (χ1v) is 4.15. The molecular formula is C8H12ClNO2. The van der Waals surface area contributed by atoms with Gasteiger partial charge in [-0.05, 0) is 30.1 Å². The Hall–Kier alpha value is -0.510. The molecular weight excluding hydrogens is 178 g/mol. The average Bonchev–Trinajstić information content (AvgIpc) is 2.48. The highest BCUT2D eigenvalue weighted by atomic mass is 35.5. The van der Waals surface area contributed by atoms with Crippen molar-refractivity contribution in [2.24, 2.45) is 11.7 Å². The molecule has 0 aliphatic carbocycles. The van der Waals surface area contributed by atoms with Crippen LogP contribution >= 0.6 is 11.6 Å². The second-order valence-corrected chi connectivity index (χ2v) is 3.15. The van der Waals surface area contributed by atoms with E-state index in [0.717, 1.165) is 0 Å². The lowest BCUT2D eigenvalue weighted by molar-refractivity contribution is 0.121. The first-order valence-electron chi connectivity index (χ1n) is 3.77. The quantitative estimate of drug-likeness (QED) is 0.759. The van der Waals surface area contributed by atoms with Crippen molar-refractivity contribution in [3.63, 3.8) is 0 Å². The Morgan fingerprint density at radius 2 is 2.42 bits per heavy atom. The molecule has 1 rings (SSSR count). The van der Waals surface area contributed by atoms with E-state index in [-0.39, 0.29) is 11.1 Å². The van der Waals surface area contributed by atoms with Crippen LogP contribution in [-0.2, 0) is 0 Å². The Balaban J connectivity index is 2.77. The highest BCUT2D eigenvalue weighted by molar-refractivity contribution is 6.29. The number of aliphatic hydroxyl groups excluding tert-OH is 1. The van der Waals surface area contributed by atoms with E-state index in [2.05, 4.69) is 0 Å². The fraction of sp³-hybridized carbons (Fsp3) is 0.500. The number of furan rings is 1. The second-order valence-electron chi connectivity index (χ2n) is 2.81. The van der Waals surface area contributed by atoms with Crippen molar-refractivity contribution in [1.29, 1.82) is 0 Å². The first-order chi connectivity index (χ1) is 5.66. The van der Waals surface area contributed by atoms with Gasteiger partial charge in [0.25, 0.3) is 0 Å². The SMILES string of the molecule is CC(CN)C(O)c1ccoc1Cl. The minimum atomic E-state index is -0.638. The average molecular weight is 190 g/mol. The zero-order chi connectivity index (χ0) is 9.14. The van der Waals surface area contributed by atoms with Gasteiger partial charge in [0.05, 0.1) is 12.4 Å². The molecule has 3 nitrogen and oxygen atoms in total. The molecule has 2 atom stereocenters. The molecule has 3 N–H and O–H groups in total. The highest BCUT2D eigenvalue weighted by Crippen LogP contribution is 2.28. The monoisotopic (exact) mass is 189 g/mol. The van der Waals surface area contributed by atoms with Crippen molar-refractivity contribution < 1.29 is 9.52 Å². The third-order valence-electron chi connectivity index (χ3n) is 1.88. The summed E-state index contributed by atoms with van der Waals surface area (Å²) >= 11 is 5.67. The molecule has 68 valence electrons. The van der Waals surface area contributed by atoms with Gasteiger partial charge in [-0.3, -0.25) is 0 Å². The largest absolute Gasteiger partial charge is 0.453 e. The number of rotatable bonds is 3. The Bertz CT molecular complexity index is 249. The van der Waals surface area contributed by atoms with Gasteiger partial charge in [-0.1, -0.05) is 6.92 Å². The van der Waals surface area contributed by atoms with Crippen LogP contribution in [0.3, 0.4) is 0 Å².